The molecule has 1 atom stereocenters. The standard InChI is InChI=1S/C38H57N7O9/c1-6-31-37(48)44(3)32-27-40-38(42-35(32)45(31)29-10-7-8-11-29)41-30-14-13-28(26-33(30)49-4)36(47)39-15-18-51-20-22-53-24-25-54-23-21-52-19-17-43(2)16-9-12-34(46)50-5/h9,12-14,26-27,29,31H,6-8,10-11,15-25H2,1-5H3,(H,39,47)(H,40,41,42)/b12-9+/t31-/m1/s1. The molecule has 0 saturated heterocycles. The number of carbonyl (C=O) groups is 3. The van der Waals surface area contributed by atoms with Crippen molar-refractivity contribution in [3.8, 4) is 5.75 Å². The van der Waals surface area contributed by atoms with Crippen LogP contribution in [0, 0.1) is 0 Å². The molecular weight excluding hydrogens is 698 g/mol. The van der Waals surface area contributed by atoms with E-state index in [9.17, 15) is 14.4 Å². The highest BCUT2D eigenvalue weighted by atomic mass is 16.6. The van der Waals surface area contributed by atoms with Crippen LogP contribution in [-0.2, 0) is 33.3 Å². The molecule has 16 nitrogen and oxygen atoms in total. The number of fused-ring (bicyclic) bond motifs is 1. The largest absolute Gasteiger partial charge is 0.495 e. The summed E-state index contributed by atoms with van der Waals surface area (Å²) in [5.41, 5.74) is 1.74. The van der Waals surface area contributed by atoms with E-state index in [1.165, 1.54) is 13.2 Å². The molecule has 2 aliphatic rings. The van der Waals surface area contributed by atoms with Gasteiger partial charge in [0.15, 0.2) is 5.82 Å². The van der Waals surface area contributed by atoms with E-state index in [2.05, 4.69) is 25.3 Å². The second kappa shape index (κ2) is 22.8. The van der Waals surface area contributed by atoms with E-state index in [4.69, 9.17) is 28.7 Å². The number of amides is 2. The maximum absolute atomic E-state index is 13.2. The summed E-state index contributed by atoms with van der Waals surface area (Å²) in [6, 6.07) is 5.14. The summed E-state index contributed by atoms with van der Waals surface area (Å²) in [6.45, 7) is 7.29. The summed E-state index contributed by atoms with van der Waals surface area (Å²) in [5.74, 6) is 1.04. The quantitative estimate of drug-likeness (QED) is 0.0912. The van der Waals surface area contributed by atoms with Crippen molar-refractivity contribution in [3.63, 3.8) is 0 Å². The highest BCUT2D eigenvalue weighted by molar-refractivity contribution is 6.04. The summed E-state index contributed by atoms with van der Waals surface area (Å²) in [5, 5.41) is 6.12. The number of nitrogens with zero attached hydrogens (tertiary/aromatic N) is 5. The van der Waals surface area contributed by atoms with Gasteiger partial charge in [0.2, 0.25) is 11.9 Å². The molecule has 1 aromatic heterocycles. The van der Waals surface area contributed by atoms with Gasteiger partial charge in [0.25, 0.3) is 5.91 Å². The fourth-order valence-electron chi connectivity index (χ4n) is 6.31. The Kier molecular flexibility index (Phi) is 17.9. The van der Waals surface area contributed by atoms with Gasteiger partial charge >= 0.3 is 5.97 Å². The first-order chi connectivity index (χ1) is 26.3. The zero-order chi connectivity index (χ0) is 38.7. The molecule has 0 spiro atoms. The van der Waals surface area contributed by atoms with Gasteiger partial charge in [-0.1, -0.05) is 25.8 Å². The molecule has 0 unspecified atom stereocenters. The summed E-state index contributed by atoms with van der Waals surface area (Å²) >= 11 is 0. The van der Waals surface area contributed by atoms with Gasteiger partial charge in [0, 0.05) is 44.4 Å². The molecule has 1 fully saturated rings. The Hall–Kier alpha value is -4.35. The van der Waals surface area contributed by atoms with Crippen LogP contribution in [0.5, 0.6) is 5.75 Å². The van der Waals surface area contributed by atoms with Gasteiger partial charge < -0.3 is 53.8 Å². The number of ether oxygens (including phenoxy) is 6. The van der Waals surface area contributed by atoms with Crippen LogP contribution in [0.25, 0.3) is 0 Å². The van der Waals surface area contributed by atoms with Crippen LogP contribution >= 0.6 is 0 Å². The molecule has 2 heterocycles. The number of hydrogen-bond acceptors (Lipinski definition) is 14. The molecule has 54 heavy (non-hydrogen) atoms. The molecule has 1 aromatic carbocycles. The SMILES string of the molecule is CC[C@@H]1C(=O)N(C)c2cnc(Nc3ccc(C(=O)NCCOCCOCCOCCOCCN(C)C/C=C/C(=O)OC)cc3OC)nc2N1C1CCCC1. The molecule has 298 valence electrons. The second-order valence-electron chi connectivity index (χ2n) is 13.0. The minimum Gasteiger partial charge on any atom is -0.495 e. The number of esters is 1. The smallest absolute Gasteiger partial charge is 0.330 e. The number of benzene rings is 1. The number of likely N-dealkylation sites (N-methyl/N-ethyl adjacent to an activating group) is 2. The van der Waals surface area contributed by atoms with Crippen LogP contribution in [0.3, 0.4) is 0 Å². The van der Waals surface area contributed by atoms with E-state index >= 15 is 0 Å². The molecule has 1 aliphatic carbocycles. The molecule has 1 aliphatic heterocycles. The predicted octanol–water partition coefficient (Wildman–Crippen LogP) is 3.19. The zero-order valence-electron chi connectivity index (χ0n) is 32.3. The number of aromatic nitrogens is 2. The van der Waals surface area contributed by atoms with Gasteiger partial charge in [-0.3, -0.25) is 9.59 Å². The van der Waals surface area contributed by atoms with Gasteiger partial charge in [0.1, 0.15) is 17.5 Å². The normalized spacial score (nSPS) is 16.0. The Morgan fingerprint density at radius 3 is 2.30 bits per heavy atom. The minimum atomic E-state index is -0.366. The molecule has 0 bridgehead atoms. The fraction of sp³-hybridized carbons (Fsp3) is 0.605. The maximum atomic E-state index is 13.2. The van der Waals surface area contributed by atoms with Gasteiger partial charge in [-0.05, 0) is 44.5 Å². The van der Waals surface area contributed by atoms with Crippen LogP contribution in [0.2, 0.25) is 0 Å². The molecule has 2 N–H and O–H groups in total. The Balaban J connectivity index is 1.10. The third-order valence-electron chi connectivity index (χ3n) is 9.26. The molecule has 0 radical (unpaired) electrons. The lowest BCUT2D eigenvalue weighted by Crippen LogP contribution is -2.55. The van der Waals surface area contributed by atoms with E-state index in [0.717, 1.165) is 38.0 Å². The summed E-state index contributed by atoms with van der Waals surface area (Å²) < 4.78 is 32.4. The predicted molar refractivity (Wildman–Crippen MR) is 205 cm³/mol. The van der Waals surface area contributed by atoms with Gasteiger partial charge in [0.05, 0.1) is 79.0 Å². The molecule has 4 rings (SSSR count). The lowest BCUT2D eigenvalue weighted by atomic mass is 10.0. The number of nitrogens with one attached hydrogen (secondary N) is 2. The molecule has 2 amide bonds. The van der Waals surface area contributed by atoms with E-state index in [1.54, 1.807) is 49.5 Å². The van der Waals surface area contributed by atoms with Crippen molar-refractivity contribution >= 4 is 40.9 Å². The minimum absolute atomic E-state index is 0.0649. The van der Waals surface area contributed by atoms with Crippen molar-refractivity contribution in [1.29, 1.82) is 0 Å². The Morgan fingerprint density at radius 2 is 1.65 bits per heavy atom. The van der Waals surface area contributed by atoms with Crippen molar-refractivity contribution in [1.82, 2.24) is 20.2 Å². The van der Waals surface area contributed by atoms with Crippen LogP contribution < -0.4 is 25.2 Å². The van der Waals surface area contributed by atoms with Crippen molar-refractivity contribution in [2.24, 2.45) is 0 Å². The van der Waals surface area contributed by atoms with Gasteiger partial charge in [-0.2, -0.15) is 4.98 Å². The lowest BCUT2D eigenvalue weighted by Gasteiger charge is -2.43. The molecule has 1 saturated carbocycles. The summed E-state index contributed by atoms with van der Waals surface area (Å²) in [6.07, 6.45) is 9.90. The van der Waals surface area contributed by atoms with E-state index in [0.29, 0.717) is 101 Å². The van der Waals surface area contributed by atoms with Crippen LogP contribution in [0.4, 0.5) is 23.1 Å². The van der Waals surface area contributed by atoms with Crippen LogP contribution in [-0.4, -0.2) is 146 Å². The van der Waals surface area contributed by atoms with Crippen molar-refractivity contribution in [2.75, 3.05) is 116 Å². The Bertz CT molecular complexity index is 1520. The van der Waals surface area contributed by atoms with Gasteiger partial charge in [-0.25, -0.2) is 9.78 Å². The Morgan fingerprint density at radius 1 is 0.981 bits per heavy atom. The third-order valence-corrected chi connectivity index (χ3v) is 9.26. The van der Waals surface area contributed by atoms with Crippen molar-refractivity contribution < 1.29 is 42.8 Å². The monoisotopic (exact) mass is 755 g/mol. The van der Waals surface area contributed by atoms with Crippen LogP contribution in [0.1, 0.15) is 49.4 Å². The van der Waals surface area contributed by atoms with Crippen LogP contribution in [0.15, 0.2) is 36.5 Å². The molecule has 2 aromatic rings. The number of carbonyl (C=O) groups excluding carboxylic acids is 3. The lowest BCUT2D eigenvalue weighted by molar-refractivity contribution is -0.134. The molecule has 16 heteroatoms. The first-order valence-corrected chi connectivity index (χ1v) is 18.7. The molecular formula is C38H57N7O9. The zero-order valence-corrected chi connectivity index (χ0v) is 32.3. The number of rotatable bonds is 24. The third kappa shape index (κ3) is 12.6. The van der Waals surface area contributed by atoms with E-state index < -0.39 is 0 Å². The van der Waals surface area contributed by atoms with Gasteiger partial charge in [-0.15, -0.1) is 0 Å². The first-order valence-electron chi connectivity index (χ1n) is 18.7. The average molecular weight is 756 g/mol. The number of hydrogen-bond donors (Lipinski definition) is 2. The van der Waals surface area contributed by atoms with E-state index in [-0.39, 0.29) is 29.9 Å². The maximum Gasteiger partial charge on any atom is 0.330 e. The topological polar surface area (TPSA) is 166 Å². The highest BCUT2D eigenvalue weighted by Gasteiger charge is 2.41. The van der Waals surface area contributed by atoms with Crippen molar-refractivity contribution in [3.05, 3.63) is 42.1 Å². The number of methoxy groups -OCH3 is 2. The van der Waals surface area contributed by atoms with E-state index in [1.807, 2.05) is 18.9 Å². The number of anilines is 4. The second-order valence-corrected chi connectivity index (χ2v) is 13.0. The fourth-order valence-corrected chi connectivity index (χ4v) is 6.31. The van der Waals surface area contributed by atoms with Crippen molar-refractivity contribution in [2.45, 2.75) is 51.1 Å². The summed E-state index contributed by atoms with van der Waals surface area (Å²) in [7, 11) is 6.61. The average Bonchev–Trinajstić information content (AvgIpc) is 3.72. The summed E-state index contributed by atoms with van der Waals surface area (Å²) in [4.78, 5) is 52.4. The Labute approximate surface area is 318 Å². The first kappa shape index (κ1) is 42.4. The highest BCUT2D eigenvalue weighted by Crippen LogP contribution is 2.40.